The summed E-state index contributed by atoms with van der Waals surface area (Å²) in [4.78, 5) is 4.27. The second-order valence-corrected chi connectivity index (χ2v) is 8.24. The van der Waals surface area contributed by atoms with E-state index in [2.05, 4.69) is 21.7 Å². The number of halogens is 1. The van der Waals surface area contributed by atoms with Crippen molar-refractivity contribution in [2.45, 2.75) is 31.1 Å². The molecule has 0 spiro atoms. The topological polar surface area (TPSA) is 47.3 Å². The fraction of sp³-hybridized carbons (Fsp3) is 0.192. The Balaban J connectivity index is 1.29. The van der Waals surface area contributed by atoms with E-state index in [0.717, 1.165) is 27.9 Å². The van der Waals surface area contributed by atoms with Crippen molar-refractivity contribution >= 4 is 0 Å². The standard InChI is InChI=1S/C26H21FN2O2/c27-21-12-26-17(11-25(31-26)16-6-2-1-3-7-16)10-20(21)24(30)13-22-18-8-4-5-9-19(18)23-14-28-15-29(22)23/h1-10,12,14-15,22,24-25,30H,11,13H2. The van der Waals surface area contributed by atoms with Crippen molar-refractivity contribution in [2.75, 3.05) is 0 Å². The highest BCUT2D eigenvalue weighted by Crippen LogP contribution is 2.44. The van der Waals surface area contributed by atoms with E-state index < -0.39 is 11.9 Å². The van der Waals surface area contributed by atoms with E-state index >= 15 is 0 Å². The van der Waals surface area contributed by atoms with Crippen LogP contribution in [0.5, 0.6) is 5.75 Å². The van der Waals surface area contributed by atoms with Gasteiger partial charge >= 0.3 is 0 Å². The highest BCUT2D eigenvalue weighted by Gasteiger charge is 2.32. The van der Waals surface area contributed by atoms with Gasteiger partial charge in [-0.15, -0.1) is 0 Å². The molecule has 3 aromatic carbocycles. The number of nitrogens with zero attached hydrogens (tertiary/aromatic N) is 2. The first-order valence-electron chi connectivity index (χ1n) is 10.5. The molecular formula is C26H21FN2O2. The fourth-order valence-corrected chi connectivity index (χ4v) is 4.90. The maximum absolute atomic E-state index is 15.0. The van der Waals surface area contributed by atoms with Gasteiger partial charge in [-0.25, -0.2) is 9.37 Å². The lowest BCUT2D eigenvalue weighted by Gasteiger charge is -2.20. The van der Waals surface area contributed by atoms with Gasteiger partial charge in [0, 0.05) is 30.0 Å². The average molecular weight is 412 g/mol. The van der Waals surface area contributed by atoms with Crippen molar-refractivity contribution in [3.63, 3.8) is 0 Å². The molecule has 3 heterocycles. The van der Waals surface area contributed by atoms with Gasteiger partial charge < -0.3 is 14.4 Å². The minimum absolute atomic E-state index is 0.0790. The Labute approximate surface area is 179 Å². The highest BCUT2D eigenvalue weighted by atomic mass is 19.1. The summed E-state index contributed by atoms with van der Waals surface area (Å²) in [5.41, 5.74) is 5.60. The van der Waals surface area contributed by atoms with Crippen molar-refractivity contribution < 1.29 is 14.2 Å². The van der Waals surface area contributed by atoms with Crippen LogP contribution in [0, 0.1) is 5.82 Å². The van der Waals surface area contributed by atoms with E-state index in [1.165, 1.54) is 6.07 Å². The first-order valence-corrected chi connectivity index (χ1v) is 10.5. The molecule has 5 heteroatoms. The minimum atomic E-state index is -0.938. The molecule has 31 heavy (non-hydrogen) atoms. The summed E-state index contributed by atoms with van der Waals surface area (Å²) in [6, 6.07) is 21.2. The van der Waals surface area contributed by atoms with Gasteiger partial charge in [0.25, 0.3) is 0 Å². The molecule has 6 rings (SSSR count). The Hall–Kier alpha value is -3.44. The number of imidazole rings is 1. The van der Waals surface area contributed by atoms with Crippen LogP contribution >= 0.6 is 0 Å². The predicted molar refractivity (Wildman–Crippen MR) is 115 cm³/mol. The Kier molecular flexibility index (Phi) is 4.18. The summed E-state index contributed by atoms with van der Waals surface area (Å²) in [7, 11) is 0. The Morgan fingerprint density at radius 1 is 1.10 bits per heavy atom. The first kappa shape index (κ1) is 18.3. The molecule has 0 aliphatic carbocycles. The van der Waals surface area contributed by atoms with Crippen LogP contribution in [0.4, 0.5) is 4.39 Å². The Morgan fingerprint density at radius 2 is 1.90 bits per heavy atom. The van der Waals surface area contributed by atoms with Gasteiger partial charge in [0.1, 0.15) is 17.7 Å². The molecule has 4 aromatic rings. The summed E-state index contributed by atoms with van der Waals surface area (Å²) in [5, 5.41) is 11.1. The molecule has 0 saturated carbocycles. The zero-order chi connectivity index (χ0) is 20.9. The van der Waals surface area contributed by atoms with E-state index in [1.54, 1.807) is 12.4 Å². The lowest BCUT2D eigenvalue weighted by molar-refractivity contribution is 0.149. The monoisotopic (exact) mass is 412 g/mol. The van der Waals surface area contributed by atoms with Crippen LogP contribution in [0.25, 0.3) is 11.3 Å². The molecule has 0 bridgehead atoms. The van der Waals surface area contributed by atoms with Crippen molar-refractivity contribution in [2.24, 2.45) is 0 Å². The lowest BCUT2D eigenvalue weighted by atomic mass is 9.94. The number of fused-ring (bicyclic) bond motifs is 4. The van der Waals surface area contributed by atoms with Crippen molar-refractivity contribution in [1.82, 2.24) is 9.55 Å². The summed E-state index contributed by atoms with van der Waals surface area (Å²) >= 11 is 0. The van der Waals surface area contributed by atoms with E-state index in [9.17, 15) is 9.50 Å². The van der Waals surface area contributed by atoms with E-state index in [4.69, 9.17) is 4.74 Å². The summed E-state index contributed by atoms with van der Waals surface area (Å²) in [5.74, 6) is 0.127. The number of benzene rings is 3. The normalized spacial score (nSPS) is 19.4. The zero-order valence-corrected chi connectivity index (χ0v) is 16.8. The Bertz CT molecular complexity index is 1270. The zero-order valence-electron chi connectivity index (χ0n) is 16.8. The van der Waals surface area contributed by atoms with Crippen LogP contribution < -0.4 is 4.74 Å². The molecule has 3 unspecified atom stereocenters. The fourth-order valence-electron chi connectivity index (χ4n) is 4.90. The molecule has 1 aromatic heterocycles. The summed E-state index contributed by atoms with van der Waals surface area (Å²) in [6.45, 7) is 0. The van der Waals surface area contributed by atoms with Crippen molar-refractivity contribution in [3.8, 4) is 17.0 Å². The smallest absolute Gasteiger partial charge is 0.132 e. The average Bonchev–Trinajstić information content (AvgIpc) is 3.50. The SMILES string of the molecule is OC(CC1c2ccccc2-c2cncn21)c1cc2c(cc1F)OC(c1ccccc1)C2. The number of hydrogen-bond acceptors (Lipinski definition) is 3. The molecule has 0 radical (unpaired) electrons. The van der Waals surface area contributed by atoms with Crippen molar-refractivity contribution in [1.29, 1.82) is 0 Å². The van der Waals surface area contributed by atoms with Crippen LogP contribution in [0.1, 0.15) is 46.9 Å². The molecule has 2 aliphatic heterocycles. The van der Waals surface area contributed by atoms with E-state index in [-0.39, 0.29) is 12.1 Å². The number of ether oxygens (including phenoxy) is 1. The summed E-state index contributed by atoms with van der Waals surface area (Å²) < 4.78 is 23.0. The van der Waals surface area contributed by atoms with E-state index in [1.807, 2.05) is 48.7 Å². The number of aromatic nitrogens is 2. The second kappa shape index (κ2) is 7.06. The first-order chi connectivity index (χ1) is 15.2. The third kappa shape index (κ3) is 2.96. The van der Waals surface area contributed by atoms with E-state index in [0.29, 0.717) is 24.2 Å². The van der Waals surface area contributed by atoms with Gasteiger partial charge in [0.05, 0.1) is 30.4 Å². The quantitative estimate of drug-likeness (QED) is 0.489. The van der Waals surface area contributed by atoms with Gasteiger partial charge in [-0.1, -0.05) is 54.6 Å². The van der Waals surface area contributed by atoms with Crippen LogP contribution in [0.3, 0.4) is 0 Å². The third-order valence-corrected chi connectivity index (χ3v) is 6.43. The van der Waals surface area contributed by atoms with Crippen LogP contribution in [-0.4, -0.2) is 14.7 Å². The molecule has 0 saturated heterocycles. The van der Waals surface area contributed by atoms with Crippen LogP contribution in [0.2, 0.25) is 0 Å². The largest absolute Gasteiger partial charge is 0.485 e. The second-order valence-electron chi connectivity index (χ2n) is 8.24. The van der Waals surface area contributed by atoms with Crippen LogP contribution in [-0.2, 0) is 6.42 Å². The molecule has 3 atom stereocenters. The van der Waals surface area contributed by atoms with Gasteiger partial charge in [-0.05, 0) is 22.8 Å². The van der Waals surface area contributed by atoms with Crippen molar-refractivity contribution in [3.05, 3.63) is 107 Å². The van der Waals surface area contributed by atoms with Gasteiger partial charge in [-0.2, -0.15) is 0 Å². The number of aliphatic hydroxyl groups excluding tert-OH is 1. The third-order valence-electron chi connectivity index (χ3n) is 6.43. The molecule has 4 nitrogen and oxygen atoms in total. The predicted octanol–water partition coefficient (Wildman–Crippen LogP) is 5.39. The highest BCUT2D eigenvalue weighted by molar-refractivity contribution is 5.69. The maximum Gasteiger partial charge on any atom is 0.132 e. The molecule has 0 amide bonds. The minimum Gasteiger partial charge on any atom is -0.485 e. The van der Waals surface area contributed by atoms with Gasteiger partial charge in [0.15, 0.2) is 0 Å². The molecule has 0 fully saturated rings. The summed E-state index contributed by atoms with van der Waals surface area (Å²) in [6.07, 6.45) is 3.59. The maximum atomic E-state index is 15.0. The molecule has 154 valence electrons. The van der Waals surface area contributed by atoms with Crippen LogP contribution in [0.15, 0.2) is 79.3 Å². The number of rotatable bonds is 4. The Morgan fingerprint density at radius 3 is 2.77 bits per heavy atom. The van der Waals surface area contributed by atoms with Gasteiger partial charge in [-0.3, -0.25) is 0 Å². The molecule has 2 aliphatic rings. The molecular weight excluding hydrogens is 391 g/mol. The lowest BCUT2D eigenvalue weighted by Crippen LogP contribution is -2.11. The molecule has 1 N–H and O–H groups in total. The number of hydrogen-bond donors (Lipinski definition) is 1. The van der Waals surface area contributed by atoms with Gasteiger partial charge in [0.2, 0.25) is 0 Å². The number of aliphatic hydroxyl groups is 1.